The Morgan fingerprint density at radius 3 is 2.54 bits per heavy atom. The molecule has 3 rings (SSSR count). The second-order valence-electron chi connectivity index (χ2n) is 6.03. The van der Waals surface area contributed by atoms with Crippen LogP contribution in [-0.4, -0.2) is 47.2 Å². The van der Waals surface area contributed by atoms with Crippen LogP contribution < -0.4 is 4.90 Å². The lowest BCUT2D eigenvalue weighted by Crippen LogP contribution is -2.28. The number of nitrogens with zero attached hydrogens (tertiary/aromatic N) is 4. The van der Waals surface area contributed by atoms with Crippen molar-refractivity contribution in [2.45, 2.75) is 11.7 Å². The summed E-state index contributed by atoms with van der Waals surface area (Å²) in [5.74, 6) is 0.975. The van der Waals surface area contributed by atoms with E-state index in [1.165, 1.54) is 11.8 Å². The van der Waals surface area contributed by atoms with E-state index in [4.69, 9.17) is 16.3 Å². The van der Waals surface area contributed by atoms with Crippen LogP contribution in [0, 0.1) is 0 Å². The van der Waals surface area contributed by atoms with Gasteiger partial charge in [0.25, 0.3) is 0 Å². The van der Waals surface area contributed by atoms with Crippen LogP contribution in [0.15, 0.2) is 59.8 Å². The van der Waals surface area contributed by atoms with E-state index >= 15 is 0 Å². The number of aromatic nitrogens is 3. The second kappa shape index (κ2) is 9.73. The van der Waals surface area contributed by atoms with E-state index < -0.39 is 0 Å². The summed E-state index contributed by atoms with van der Waals surface area (Å²) in [5, 5.41) is 9.95. The first-order valence-corrected chi connectivity index (χ1v) is 10.1. The summed E-state index contributed by atoms with van der Waals surface area (Å²) in [6, 6.07) is 17.0. The molecule has 0 aliphatic heterocycles. The summed E-state index contributed by atoms with van der Waals surface area (Å²) in [6.07, 6.45) is 0. The highest BCUT2D eigenvalue weighted by Gasteiger charge is 2.17. The van der Waals surface area contributed by atoms with Gasteiger partial charge < -0.3 is 9.64 Å². The standard InChI is InChI=1S/C20H21ClN4O2S/c1-24(17-6-4-3-5-7-17)18(26)14-28-20-23-22-19(25(20)12-13-27-2)15-8-10-16(21)11-9-15/h3-11H,12-14H2,1-2H3. The lowest BCUT2D eigenvalue weighted by Gasteiger charge is -2.17. The number of carbonyl (C=O) groups excluding carboxylic acids is 1. The van der Waals surface area contributed by atoms with Crippen molar-refractivity contribution in [3.05, 3.63) is 59.6 Å². The van der Waals surface area contributed by atoms with Gasteiger partial charge in [0.15, 0.2) is 11.0 Å². The van der Waals surface area contributed by atoms with Gasteiger partial charge in [-0.2, -0.15) is 0 Å². The Morgan fingerprint density at radius 1 is 1.14 bits per heavy atom. The number of ether oxygens (including phenoxy) is 1. The van der Waals surface area contributed by atoms with E-state index in [0.717, 1.165) is 17.1 Å². The van der Waals surface area contributed by atoms with Gasteiger partial charge in [-0.25, -0.2) is 0 Å². The summed E-state index contributed by atoms with van der Waals surface area (Å²) < 4.78 is 7.19. The van der Waals surface area contributed by atoms with Crippen molar-refractivity contribution in [2.24, 2.45) is 0 Å². The Kier molecular flexibility index (Phi) is 7.08. The number of carbonyl (C=O) groups is 1. The fourth-order valence-corrected chi connectivity index (χ4v) is 3.62. The number of amides is 1. The van der Waals surface area contributed by atoms with Crippen LogP contribution in [-0.2, 0) is 16.1 Å². The Hall–Kier alpha value is -2.35. The largest absolute Gasteiger partial charge is 0.383 e. The summed E-state index contributed by atoms with van der Waals surface area (Å²) in [6.45, 7) is 1.11. The van der Waals surface area contributed by atoms with Crippen LogP contribution >= 0.6 is 23.4 Å². The van der Waals surface area contributed by atoms with Crippen molar-refractivity contribution in [3.8, 4) is 11.4 Å². The van der Waals surface area contributed by atoms with E-state index in [-0.39, 0.29) is 11.7 Å². The summed E-state index contributed by atoms with van der Waals surface area (Å²) in [5.41, 5.74) is 1.77. The lowest BCUT2D eigenvalue weighted by atomic mass is 10.2. The Balaban J connectivity index is 1.76. The van der Waals surface area contributed by atoms with Crippen LogP contribution in [0.1, 0.15) is 0 Å². The van der Waals surface area contributed by atoms with Crippen LogP contribution in [0.25, 0.3) is 11.4 Å². The number of halogens is 1. The molecule has 0 saturated heterocycles. The third kappa shape index (κ3) is 4.92. The van der Waals surface area contributed by atoms with Crippen molar-refractivity contribution < 1.29 is 9.53 Å². The van der Waals surface area contributed by atoms with E-state index in [9.17, 15) is 4.79 Å². The fourth-order valence-electron chi connectivity index (χ4n) is 2.61. The molecule has 146 valence electrons. The molecule has 1 heterocycles. The van der Waals surface area contributed by atoms with Gasteiger partial charge in [-0.15, -0.1) is 10.2 Å². The van der Waals surface area contributed by atoms with Crippen molar-refractivity contribution in [1.29, 1.82) is 0 Å². The predicted molar refractivity (Wildman–Crippen MR) is 113 cm³/mol. The van der Waals surface area contributed by atoms with Gasteiger partial charge in [-0.1, -0.05) is 41.6 Å². The molecule has 3 aromatic rings. The minimum Gasteiger partial charge on any atom is -0.383 e. The molecule has 0 saturated carbocycles. The summed E-state index contributed by atoms with van der Waals surface area (Å²) >= 11 is 7.35. The van der Waals surface area contributed by atoms with Gasteiger partial charge in [0.2, 0.25) is 5.91 Å². The topological polar surface area (TPSA) is 60.2 Å². The molecule has 0 radical (unpaired) electrons. The molecular formula is C20H21ClN4O2S. The van der Waals surface area contributed by atoms with E-state index in [1.54, 1.807) is 19.1 Å². The maximum Gasteiger partial charge on any atom is 0.237 e. The van der Waals surface area contributed by atoms with Crippen LogP contribution in [0.5, 0.6) is 0 Å². The van der Waals surface area contributed by atoms with Gasteiger partial charge in [-0.3, -0.25) is 9.36 Å². The molecule has 6 nitrogen and oxygen atoms in total. The first-order chi connectivity index (χ1) is 13.6. The molecule has 0 aliphatic carbocycles. The summed E-state index contributed by atoms with van der Waals surface area (Å²) in [7, 11) is 3.42. The number of methoxy groups -OCH3 is 1. The molecular weight excluding hydrogens is 396 g/mol. The molecule has 1 aromatic heterocycles. The van der Waals surface area contributed by atoms with Gasteiger partial charge in [0.05, 0.1) is 18.9 Å². The third-order valence-corrected chi connectivity index (χ3v) is 5.38. The SMILES string of the molecule is COCCn1c(SCC(=O)N(C)c2ccccc2)nnc1-c1ccc(Cl)cc1. The number of anilines is 1. The predicted octanol–water partition coefficient (Wildman–Crippen LogP) is 4.00. The number of rotatable bonds is 8. The van der Waals surface area contributed by atoms with Crippen molar-refractivity contribution in [1.82, 2.24) is 14.8 Å². The van der Waals surface area contributed by atoms with E-state index in [0.29, 0.717) is 23.3 Å². The van der Waals surface area contributed by atoms with Gasteiger partial charge in [0.1, 0.15) is 0 Å². The maximum absolute atomic E-state index is 12.6. The van der Waals surface area contributed by atoms with Crippen molar-refractivity contribution in [3.63, 3.8) is 0 Å². The number of para-hydroxylation sites is 1. The smallest absolute Gasteiger partial charge is 0.237 e. The highest BCUT2D eigenvalue weighted by Crippen LogP contribution is 2.25. The average molecular weight is 417 g/mol. The number of thioether (sulfide) groups is 1. The highest BCUT2D eigenvalue weighted by atomic mass is 35.5. The van der Waals surface area contributed by atoms with E-state index in [2.05, 4.69) is 10.2 Å². The molecule has 0 N–H and O–H groups in total. The molecule has 0 bridgehead atoms. The third-order valence-electron chi connectivity index (χ3n) is 4.18. The van der Waals surface area contributed by atoms with Gasteiger partial charge >= 0.3 is 0 Å². The zero-order valence-electron chi connectivity index (χ0n) is 15.7. The highest BCUT2D eigenvalue weighted by molar-refractivity contribution is 7.99. The molecule has 1 amide bonds. The first-order valence-electron chi connectivity index (χ1n) is 8.72. The molecule has 2 aromatic carbocycles. The fraction of sp³-hybridized carbons (Fsp3) is 0.250. The number of hydrogen-bond acceptors (Lipinski definition) is 5. The monoisotopic (exact) mass is 416 g/mol. The lowest BCUT2D eigenvalue weighted by molar-refractivity contribution is -0.115. The molecule has 0 fully saturated rings. The van der Waals surface area contributed by atoms with Crippen LogP contribution in [0.2, 0.25) is 5.02 Å². The molecule has 28 heavy (non-hydrogen) atoms. The van der Waals surface area contributed by atoms with Gasteiger partial charge in [0, 0.05) is 30.4 Å². The quantitative estimate of drug-likeness (QED) is 0.519. The van der Waals surface area contributed by atoms with Crippen LogP contribution in [0.3, 0.4) is 0 Å². The zero-order chi connectivity index (χ0) is 19.9. The molecule has 0 aliphatic rings. The number of benzene rings is 2. The molecule has 0 atom stereocenters. The Labute approximate surface area is 173 Å². The Morgan fingerprint density at radius 2 is 1.86 bits per heavy atom. The average Bonchev–Trinajstić information content (AvgIpc) is 3.13. The first kappa shape index (κ1) is 20.4. The minimum atomic E-state index is -0.00876. The number of hydrogen-bond donors (Lipinski definition) is 0. The van der Waals surface area contributed by atoms with Gasteiger partial charge in [-0.05, 0) is 36.4 Å². The zero-order valence-corrected chi connectivity index (χ0v) is 17.3. The maximum atomic E-state index is 12.6. The summed E-state index contributed by atoms with van der Waals surface area (Å²) in [4.78, 5) is 14.2. The normalized spacial score (nSPS) is 10.8. The molecule has 8 heteroatoms. The Bertz CT molecular complexity index is 916. The van der Waals surface area contributed by atoms with Crippen LogP contribution in [0.4, 0.5) is 5.69 Å². The molecule has 0 spiro atoms. The second-order valence-corrected chi connectivity index (χ2v) is 7.41. The van der Waals surface area contributed by atoms with Crippen molar-refractivity contribution >= 4 is 35.0 Å². The molecule has 0 unspecified atom stereocenters. The van der Waals surface area contributed by atoms with Crippen molar-refractivity contribution in [2.75, 3.05) is 31.4 Å². The minimum absolute atomic E-state index is 0.00876. The van der Waals surface area contributed by atoms with E-state index in [1.807, 2.05) is 59.2 Å².